The summed E-state index contributed by atoms with van der Waals surface area (Å²) in [5.74, 6) is 0.639. The first-order valence-corrected chi connectivity index (χ1v) is 9.26. The minimum Gasteiger partial charge on any atom is -0.494 e. The van der Waals surface area contributed by atoms with Crippen molar-refractivity contribution >= 4 is 28.3 Å². The number of fused-ring (bicyclic) bond motifs is 2. The van der Waals surface area contributed by atoms with Crippen LogP contribution in [-0.4, -0.2) is 26.7 Å². The normalized spacial score (nSPS) is 11.4. The molecule has 0 radical (unpaired) electrons. The van der Waals surface area contributed by atoms with E-state index >= 15 is 0 Å². The SMILES string of the molecule is COc1cccc2oc(-c3c(Cl)nc4c(-c5ccccc5)c(C)[nH]n4c3=O)nc12. The number of rotatable bonds is 3. The second-order valence-electron chi connectivity index (χ2n) is 6.55. The van der Waals surface area contributed by atoms with Crippen LogP contribution in [0.15, 0.2) is 57.7 Å². The van der Waals surface area contributed by atoms with Crippen LogP contribution in [0.1, 0.15) is 5.69 Å². The van der Waals surface area contributed by atoms with Crippen molar-refractivity contribution in [1.29, 1.82) is 0 Å². The molecule has 0 saturated heterocycles. The lowest BCUT2D eigenvalue weighted by atomic mass is 10.1. The number of aromatic amines is 1. The summed E-state index contributed by atoms with van der Waals surface area (Å²) < 4.78 is 12.5. The highest BCUT2D eigenvalue weighted by atomic mass is 35.5. The third-order valence-corrected chi connectivity index (χ3v) is 5.07. The Labute approximate surface area is 169 Å². The molecule has 0 amide bonds. The topological polar surface area (TPSA) is 85.4 Å². The second kappa shape index (κ2) is 6.49. The van der Waals surface area contributed by atoms with Crippen molar-refractivity contribution in [1.82, 2.24) is 19.6 Å². The van der Waals surface area contributed by atoms with Gasteiger partial charge in [0.2, 0.25) is 5.89 Å². The molecule has 0 aliphatic heterocycles. The molecule has 29 heavy (non-hydrogen) atoms. The number of hydrogen-bond donors (Lipinski definition) is 1. The number of H-pyrrole nitrogens is 1. The summed E-state index contributed by atoms with van der Waals surface area (Å²) in [6.07, 6.45) is 0. The second-order valence-corrected chi connectivity index (χ2v) is 6.90. The zero-order valence-electron chi connectivity index (χ0n) is 15.6. The van der Waals surface area contributed by atoms with E-state index in [1.807, 2.05) is 37.3 Å². The number of aromatic nitrogens is 4. The molecule has 0 aliphatic rings. The standard InChI is InChI=1S/C21H15ClN4O3/c1-11-15(12-7-4-3-5-8-12)19-24-18(22)16(21(27)26(19)25-11)20-23-17-13(28-2)9-6-10-14(17)29-20/h3-10,25H,1-2H3. The van der Waals surface area contributed by atoms with Crippen molar-refractivity contribution in [2.24, 2.45) is 0 Å². The Hall–Kier alpha value is -3.58. The number of hydrogen-bond acceptors (Lipinski definition) is 5. The number of para-hydroxylation sites is 1. The molecule has 8 heteroatoms. The molecule has 0 saturated carbocycles. The average molecular weight is 407 g/mol. The van der Waals surface area contributed by atoms with Gasteiger partial charge in [0.25, 0.3) is 5.56 Å². The number of benzene rings is 2. The van der Waals surface area contributed by atoms with E-state index in [1.165, 1.54) is 4.52 Å². The fourth-order valence-corrected chi connectivity index (χ4v) is 3.72. The fraction of sp³-hybridized carbons (Fsp3) is 0.0952. The predicted molar refractivity (Wildman–Crippen MR) is 111 cm³/mol. The lowest BCUT2D eigenvalue weighted by Gasteiger charge is -2.02. The highest BCUT2D eigenvalue weighted by Crippen LogP contribution is 2.33. The van der Waals surface area contributed by atoms with E-state index < -0.39 is 5.56 Å². The van der Waals surface area contributed by atoms with E-state index in [0.29, 0.717) is 22.5 Å². The van der Waals surface area contributed by atoms with Crippen molar-refractivity contribution in [2.45, 2.75) is 6.92 Å². The third kappa shape index (κ3) is 2.62. The zero-order chi connectivity index (χ0) is 20.1. The van der Waals surface area contributed by atoms with Gasteiger partial charge in [0.05, 0.1) is 7.11 Å². The first kappa shape index (κ1) is 17.5. The molecule has 0 atom stereocenters. The lowest BCUT2D eigenvalue weighted by molar-refractivity contribution is 0.419. The molecular weight excluding hydrogens is 392 g/mol. The van der Waals surface area contributed by atoms with Gasteiger partial charge in [-0.05, 0) is 24.6 Å². The van der Waals surface area contributed by atoms with Crippen molar-refractivity contribution in [3.63, 3.8) is 0 Å². The molecule has 0 aliphatic carbocycles. The van der Waals surface area contributed by atoms with E-state index in [1.54, 1.807) is 25.3 Å². The van der Waals surface area contributed by atoms with E-state index in [-0.39, 0.29) is 16.6 Å². The Bertz CT molecular complexity index is 1430. The van der Waals surface area contributed by atoms with Gasteiger partial charge in [-0.15, -0.1) is 0 Å². The molecule has 5 rings (SSSR count). The number of nitrogens with zero attached hydrogens (tertiary/aromatic N) is 3. The Morgan fingerprint density at radius 3 is 2.62 bits per heavy atom. The Morgan fingerprint density at radius 1 is 1.07 bits per heavy atom. The van der Waals surface area contributed by atoms with Gasteiger partial charge in [-0.25, -0.2) is 14.5 Å². The summed E-state index contributed by atoms with van der Waals surface area (Å²) in [7, 11) is 1.55. The molecule has 144 valence electrons. The van der Waals surface area contributed by atoms with Crippen molar-refractivity contribution in [2.75, 3.05) is 7.11 Å². The fourth-order valence-electron chi connectivity index (χ4n) is 3.48. The monoisotopic (exact) mass is 406 g/mol. The van der Waals surface area contributed by atoms with Crippen LogP contribution in [0.5, 0.6) is 5.75 Å². The van der Waals surface area contributed by atoms with Gasteiger partial charge in [0, 0.05) is 11.3 Å². The first-order valence-electron chi connectivity index (χ1n) is 8.88. The number of oxazole rings is 1. The molecule has 2 aromatic carbocycles. The largest absolute Gasteiger partial charge is 0.494 e. The number of aryl methyl sites for hydroxylation is 1. The van der Waals surface area contributed by atoms with Crippen LogP contribution in [0.25, 0.3) is 39.3 Å². The molecule has 0 spiro atoms. The summed E-state index contributed by atoms with van der Waals surface area (Å²) in [6.45, 7) is 1.88. The number of halogens is 1. The van der Waals surface area contributed by atoms with Crippen LogP contribution in [0.3, 0.4) is 0 Å². The minimum atomic E-state index is -0.393. The van der Waals surface area contributed by atoms with Gasteiger partial charge in [0.1, 0.15) is 16.5 Å². The predicted octanol–water partition coefficient (Wildman–Crippen LogP) is 4.47. The van der Waals surface area contributed by atoms with Gasteiger partial charge in [-0.2, -0.15) is 0 Å². The maximum absolute atomic E-state index is 13.3. The Kier molecular flexibility index (Phi) is 3.92. The maximum Gasteiger partial charge on any atom is 0.287 e. The molecule has 5 aromatic rings. The van der Waals surface area contributed by atoms with Crippen molar-refractivity contribution in [3.05, 3.63) is 69.7 Å². The minimum absolute atomic E-state index is 0.0247. The van der Waals surface area contributed by atoms with Crippen molar-refractivity contribution in [3.8, 4) is 28.3 Å². The Balaban J connectivity index is 1.78. The van der Waals surface area contributed by atoms with Crippen LogP contribution >= 0.6 is 11.6 Å². The first-order chi connectivity index (χ1) is 14.1. The lowest BCUT2D eigenvalue weighted by Crippen LogP contribution is -2.18. The smallest absolute Gasteiger partial charge is 0.287 e. The molecule has 0 fully saturated rings. The average Bonchev–Trinajstić information content (AvgIpc) is 3.29. The van der Waals surface area contributed by atoms with Crippen molar-refractivity contribution < 1.29 is 9.15 Å². The van der Waals surface area contributed by atoms with Gasteiger partial charge in [0.15, 0.2) is 16.7 Å². The maximum atomic E-state index is 13.3. The summed E-state index contributed by atoms with van der Waals surface area (Å²) in [4.78, 5) is 22.2. The molecule has 0 bridgehead atoms. The summed E-state index contributed by atoms with van der Waals surface area (Å²) in [6, 6.07) is 15.0. The van der Waals surface area contributed by atoms with Gasteiger partial charge >= 0.3 is 0 Å². The highest BCUT2D eigenvalue weighted by Gasteiger charge is 2.23. The molecule has 3 aromatic heterocycles. The van der Waals surface area contributed by atoms with E-state index in [2.05, 4.69) is 15.1 Å². The molecule has 0 unspecified atom stereocenters. The molecule has 7 nitrogen and oxygen atoms in total. The van der Waals surface area contributed by atoms with E-state index in [0.717, 1.165) is 16.8 Å². The summed E-state index contributed by atoms with van der Waals surface area (Å²) in [5, 5.41) is 3.10. The highest BCUT2D eigenvalue weighted by molar-refractivity contribution is 6.32. The molecule has 1 N–H and O–H groups in total. The van der Waals surface area contributed by atoms with Crippen LogP contribution < -0.4 is 10.3 Å². The summed E-state index contributed by atoms with van der Waals surface area (Å²) in [5.41, 5.74) is 3.70. The van der Waals surface area contributed by atoms with Crippen LogP contribution in [0, 0.1) is 6.92 Å². The van der Waals surface area contributed by atoms with Crippen LogP contribution in [-0.2, 0) is 0 Å². The Morgan fingerprint density at radius 2 is 1.86 bits per heavy atom. The third-order valence-electron chi connectivity index (χ3n) is 4.80. The molecule has 3 heterocycles. The van der Waals surface area contributed by atoms with Crippen LogP contribution in [0.2, 0.25) is 5.15 Å². The van der Waals surface area contributed by atoms with Gasteiger partial charge in [-0.1, -0.05) is 48.0 Å². The number of ether oxygens (including phenoxy) is 1. The zero-order valence-corrected chi connectivity index (χ0v) is 16.3. The van der Waals surface area contributed by atoms with E-state index in [9.17, 15) is 4.79 Å². The molecular formula is C21H15ClN4O3. The summed E-state index contributed by atoms with van der Waals surface area (Å²) >= 11 is 6.44. The van der Waals surface area contributed by atoms with Gasteiger partial charge < -0.3 is 9.15 Å². The number of nitrogens with one attached hydrogen (secondary N) is 1. The van der Waals surface area contributed by atoms with Crippen LogP contribution in [0.4, 0.5) is 0 Å². The van der Waals surface area contributed by atoms with E-state index in [4.69, 9.17) is 20.8 Å². The quantitative estimate of drug-likeness (QED) is 0.447. The van der Waals surface area contributed by atoms with Gasteiger partial charge in [-0.3, -0.25) is 9.89 Å². The number of methoxy groups -OCH3 is 1.